The Labute approximate surface area is 103 Å². The maximum atomic E-state index is 11.7. The molecule has 0 N–H and O–H groups in total. The zero-order chi connectivity index (χ0) is 13.0. The van der Waals surface area contributed by atoms with Crippen LogP contribution in [0.5, 0.6) is 0 Å². The van der Waals surface area contributed by atoms with Crippen LogP contribution < -0.4 is 0 Å². The van der Waals surface area contributed by atoms with Crippen LogP contribution in [0.25, 0.3) is 10.9 Å². The van der Waals surface area contributed by atoms with Crippen LogP contribution in [0.4, 0.5) is 4.79 Å². The van der Waals surface area contributed by atoms with Crippen molar-refractivity contribution < 1.29 is 19.1 Å². The molecule has 94 valence electrons. The summed E-state index contributed by atoms with van der Waals surface area (Å²) < 4.78 is 10.5. The van der Waals surface area contributed by atoms with Gasteiger partial charge in [0.25, 0.3) is 0 Å². The zero-order valence-electron chi connectivity index (χ0n) is 9.83. The van der Waals surface area contributed by atoms with E-state index in [1.165, 1.54) is 7.11 Å². The number of para-hydroxylation sites is 1. The molecule has 0 saturated carbocycles. The van der Waals surface area contributed by atoms with Gasteiger partial charge in [-0.25, -0.2) is 4.79 Å². The number of fused-ring (bicyclic) bond motifs is 1. The first-order chi connectivity index (χ1) is 8.72. The Morgan fingerprint density at radius 2 is 2.11 bits per heavy atom. The summed E-state index contributed by atoms with van der Waals surface area (Å²) in [7, 11) is 1.28. The summed E-state index contributed by atoms with van der Waals surface area (Å²) in [5.74, 6) is -0.423. The number of hydrogen-bond donors (Lipinski definition) is 0. The minimum atomic E-state index is -0.611. The highest BCUT2D eigenvalue weighted by molar-refractivity contribution is 5.87. The van der Waals surface area contributed by atoms with E-state index in [1.807, 2.05) is 18.2 Å². The standard InChI is InChI=1S/C12H12N2O4/c1-17-11(15)6-7-18-12(16)14-10-5-3-2-4-9(10)8-13-14/h2-5,8H,6-7H2,1H3. The number of methoxy groups -OCH3 is 1. The summed E-state index contributed by atoms with van der Waals surface area (Å²) in [5, 5.41) is 4.79. The number of carbonyl (C=O) groups is 2. The van der Waals surface area contributed by atoms with Crippen molar-refractivity contribution in [2.45, 2.75) is 6.42 Å². The van der Waals surface area contributed by atoms with Crippen molar-refractivity contribution in [1.82, 2.24) is 9.78 Å². The molecular formula is C12H12N2O4. The maximum Gasteiger partial charge on any atom is 0.435 e. The Balaban J connectivity index is 2.03. The summed E-state index contributed by atoms with van der Waals surface area (Å²) in [5.41, 5.74) is 0.667. The van der Waals surface area contributed by atoms with Crippen molar-refractivity contribution in [2.75, 3.05) is 13.7 Å². The van der Waals surface area contributed by atoms with Gasteiger partial charge >= 0.3 is 12.1 Å². The molecule has 1 heterocycles. The molecule has 1 aromatic carbocycles. The second kappa shape index (κ2) is 5.31. The lowest BCUT2D eigenvalue weighted by atomic mass is 10.3. The van der Waals surface area contributed by atoms with Gasteiger partial charge in [0.1, 0.15) is 6.61 Å². The number of nitrogens with zero attached hydrogens (tertiary/aromatic N) is 2. The number of ether oxygens (including phenoxy) is 2. The van der Waals surface area contributed by atoms with E-state index in [9.17, 15) is 9.59 Å². The molecular weight excluding hydrogens is 236 g/mol. The Kier molecular flexibility index (Phi) is 3.57. The maximum absolute atomic E-state index is 11.7. The molecule has 0 aliphatic heterocycles. The fraction of sp³-hybridized carbons (Fsp3) is 0.250. The Morgan fingerprint density at radius 1 is 1.33 bits per heavy atom. The third-order valence-electron chi connectivity index (χ3n) is 2.41. The summed E-state index contributed by atoms with van der Waals surface area (Å²) >= 11 is 0. The first-order valence-electron chi connectivity index (χ1n) is 5.39. The molecule has 1 aromatic heterocycles. The SMILES string of the molecule is COC(=O)CCOC(=O)n1ncc2ccccc21. The lowest BCUT2D eigenvalue weighted by Crippen LogP contribution is -2.17. The van der Waals surface area contributed by atoms with Gasteiger partial charge in [-0.3, -0.25) is 4.79 Å². The highest BCUT2D eigenvalue weighted by atomic mass is 16.6. The van der Waals surface area contributed by atoms with E-state index in [0.717, 1.165) is 10.1 Å². The first kappa shape index (κ1) is 12.1. The fourth-order valence-corrected chi connectivity index (χ4v) is 1.50. The fourth-order valence-electron chi connectivity index (χ4n) is 1.50. The van der Waals surface area contributed by atoms with Crippen molar-refractivity contribution >= 4 is 23.0 Å². The van der Waals surface area contributed by atoms with Gasteiger partial charge in [-0.15, -0.1) is 0 Å². The largest absolute Gasteiger partial charge is 0.469 e. The normalized spacial score (nSPS) is 10.3. The van der Waals surface area contributed by atoms with Crippen LogP contribution in [-0.4, -0.2) is 35.6 Å². The lowest BCUT2D eigenvalue weighted by molar-refractivity contribution is -0.141. The van der Waals surface area contributed by atoms with Crippen molar-refractivity contribution in [3.05, 3.63) is 30.5 Å². The number of carbonyl (C=O) groups excluding carboxylic acids is 2. The van der Waals surface area contributed by atoms with Crippen molar-refractivity contribution in [3.63, 3.8) is 0 Å². The van der Waals surface area contributed by atoms with Gasteiger partial charge in [-0.2, -0.15) is 9.78 Å². The molecule has 6 heteroatoms. The minimum Gasteiger partial charge on any atom is -0.469 e. The van der Waals surface area contributed by atoms with Gasteiger partial charge in [-0.05, 0) is 6.07 Å². The lowest BCUT2D eigenvalue weighted by Gasteiger charge is -2.04. The molecule has 0 unspecified atom stereocenters. The van der Waals surface area contributed by atoms with E-state index >= 15 is 0 Å². The van der Waals surface area contributed by atoms with Crippen LogP contribution in [0.15, 0.2) is 30.5 Å². The Morgan fingerprint density at radius 3 is 2.89 bits per heavy atom. The van der Waals surface area contributed by atoms with Crippen LogP contribution >= 0.6 is 0 Å². The predicted molar refractivity (Wildman–Crippen MR) is 63.1 cm³/mol. The molecule has 0 amide bonds. The molecule has 0 saturated heterocycles. The molecule has 0 fully saturated rings. The highest BCUT2D eigenvalue weighted by Crippen LogP contribution is 2.12. The molecule has 0 aliphatic rings. The molecule has 18 heavy (non-hydrogen) atoms. The van der Waals surface area contributed by atoms with Crippen LogP contribution in [0, 0.1) is 0 Å². The van der Waals surface area contributed by atoms with E-state index < -0.39 is 12.1 Å². The van der Waals surface area contributed by atoms with E-state index in [4.69, 9.17) is 4.74 Å². The van der Waals surface area contributed by atoms with Gasteiger partial charge in [0.05, 0.1) is 25.2 Å². The molecule has 0 aliphatic carbocycles. The van der Waals surface area contributed by atoms with Crippen LogP contribution in [0.2, 0.25) is 0 Å². The summed E-state index contributed by atoms with van der Waals surface area (Å²) in [6, 6.07) is 7.28. The van der Waals surface area contributed by atoms with Crippen molar-refractivity contribution in [3.8, 4) is 0 Å². The number of aromatic nitrogens is 2. The number of rotatable bonds is 3. The predicted octanol–water partition coefficient (Wildman–Crippen LogP) is 1.58. The van der Waals surface area contributed by atoms with Gasteiger partial charge in [0.15, 0.2) is 0 Å². The summed E-state index contributed by atoms with van der Waals surface area (Å²) in [4.78, 5) is 22.6. The Hall–Kier alpha value is -2.37. The quantitative estimate of drug-likeness (QED) is 0.771. The number of benzene rings is 1. The molecule has 0 spiro atoms. The second-order valence-electron chi connectivity index (χ2n) is 3.56. The first-order valence-corrected chi connectivity index (χ1v) is 5.39. The average molecular weight is 248 g/mol. The van der Waals surface area contributed by atoms with Gasteiger partial charge < -0.3 is 9.47 Å². The third kappa shape index (κ3) is 2.48. The van der Waals surface area contributed by atoms with E-state index in [0.29, 0.717) is 5.52 Å². The summed E-state index contributed by atoms with van der Waals surface area (Å²) in [6.07, 6.45) is 0.998. The van der Waals surface area contributed by atoms with Crippen molar-refractivity contribution in [1.29, 1.82) is 0 Å². The van der Waals surface area contributed by atoms with E-state index in [2.05, 4.69) is 9.84 Å². The minimum absolute atomic E-state index is 0.0281. The van der Waals surface area contributed by atoms with Gasteiger partial charge in [-0.1, -0.05) is 18.2 Å². The average Bonchev–Trinajstić information content (AvgIpc) is 2.82. The smallest absolute Gasteiger partial charge is 0.435 e. The third-order valence-corrected chi connectivity index (χ3v) is 2.41. The molecule has 2 rings (SSSR count). The molecule has 0 bridgehead atoms. The van der Waals surface area contributed by atoms with Crippen molar-refractivity contribution in [2.24, 2.45) is 0 Å². The molecule has 2 aromatic rings. The van der Waals surface area contributed by atoms with Gasteiger partial charge in [0, 0.05) is 5.39 Å². The molecule has 0 radical (unpaired) electrons. The van der Waals surface area contributed by atoms with Gasteiger partial charge in [0.2, 0.25) is 0 Å². The summed E-state index contributed by atoms with van der Waals surface area (Å²) in [6.45, 7) is -0.0281. The second-order valence-corrected chi connectivity index (χ2v) is 3.56. The molecule has 6 nitrogen and oxygen atoms in total. The Bertz CT molecular complexity index is 576. The van der Waals surface area contributed by atoms with E-state index in [1.54, 1.807) is 12.3 Å². The molecule has 0 atom stereocenters. The topological polar surface area (TPSA) is 70.4 Å². The monoisotopic (exact) mass is 248 g/mol. The number of esters is 1. The van der Waals surface area contributed by atoms with E-state index in [-0.39, 0.29) is 13.0 Å². The van der Waals surface area contributed by atoms with Crippen LogP contribution in [0.3, 0.4) is 0 Å². The highest BCUT2D eigenvalue weighted by Gasteiger charge is 2.12. The van der Waals surface area contributed by atoms with Crippen LogP contribution in [-0.2, 0) is 14.3 Å². The number of hydrogen-bond acceptors (Lipinski definition) is 5. The van der Waals surface area contributed by atoms with Crippen LogP contribution in [0.1, 0.15) is 6.42 Å². The zero-order valence-corrected chi connectivity index (χ0v) is 9.83.